The SMILES string of the molecule is CCOC(=O)CCN(CCc1ccc(OC)cc1)C(=O)CC1CCCCC1. The van der Waals surface area contributed by atoms with Crippen molar-refractivity contribution in [2.24, 2.45) is 5.92 Å². The summed E-state index contributed by atoms with van der Waals surface area (Å²) in [6, 6.07) is 7.91. The number of benzene rings is 1. The second kappa shape index (κ2) is 11.6. The molecular weight excluding hydrogens is 342 g/mol. The van der Waals surface area contributed by atoms with Crippen LogP contribution in [0.5, 0.6) is 5.75 Å². The molecule has 2 rings (SSSR count). The fourth-order valence-electron chi connectivity index (χ4n) is 3.64. The van der Waals surface area contributed by atoms with Gasteiger partial charge in [0.05, 0.1) is 20.1 Å². The highest BCUT2D eigenvalue weighted by Gasteiger charge is 2.21. The molecular formula is C22H33NO4. The molecule has 1 amide bonds. The summed E-state index contributed by atoms with van der Waals surface area (Å²) < 4.78 is 10.2. The second-order valence-electron chi connectivity index (χ2n) is 7.24. The van der Waals surface area contributed by atoms with Gasteiger partial charge in [-0.1, -0.05) is 31.4 Å². The molecule has 27 heavy (non-hydrogen) atoms. The van der Waals surface area contributed by atoms with E-state index in [1.165, 1.54) is 19.3 Å². The molecule has 1 fully saturated rings. The number of carbonyl (C=O) groups excluding carboxylic acids is 2. The highest BCUT2D eigenvalue weighted by atomic mass is 16.5. The molecule has 0 unspecified atom stereocenters. The third-order valence-electron chi connectivity index (χ3n) is 5.26. The van der Waals surface area contributed by atoms with Gasteiger partial charge in [-0.3, -0.25) is 9.59 Å². The molecule has 0 radical (unpaired) electrons. The van der Waals surface area contributed by atoms with Crippen molar-refractivity contribution in [3.8, 4) is 5.75 Å². The van der Waals surface area contributed by atoms with Gasteiger partial charge in [0.2, 0.25) is 5.91 Å². The maximum absolute atomic E-state index is 12.9. The van der Waals surface area contributed by atoms with Crippen LogP contribution in [-0.4, -0.2) is 43.6 Å². The van der Waals surface area contributed by atoms with Crippen LogP contribution in [0.15, 0.2) is 24.3 Å². The molecule has 1 aromatic rings. The Morgan fingerprint density at radius 1 is 1.07 bits per heavy atom. The van der Waals surface area contributed by atoms with Crippen LogP contribution < -0.4 is 4.74 Å². The highest BCUT2D eigenvalue weighted by molar-refractivity contribution is 5.77. The topological polar surface area (TPSA) is 55.8 Å². The number of esters is 1. The lowest BCUT2D eigenvalue weighted by Gasteiger charge is -2.27. The molecule has 0 N–H and O–H groups in total. The molecule has 1 saturated carbocycles. The lowest BCUT2D eigenvalue weighted by Crippen LogP contribution is -2.36. The zero-order valence-electron chi connectivity index (χ0n) is 16.7. The maximum Gasteiger partial charge on any atom is 0.307 e. The first-order valence-electron chi connectivity index (χ1n) is 10.2. The Balaban J connectivity index is 1.92. The van der Waals surface area contributed by atoms with Crippen LogP contribution in [0.2, 0.25) is 0 Å². The third-order valence-corrected chi connectivity index (χ3v) is 5.26. The Morgan fingerprint density at radius 2 is 1.78 bits per heavy atom. The first-order chi connectivity index (χ1) is 13.1. The minimum atomic E-state index is -0.239. The molecule has 5 nitrogen and oxygen atoms in total. The summed E-state index contributed by atoms with van der Waals surface area (Å²) in [5.41, 5.74) is 1.16. The van der Waals surface area contributed by atoms with Gasteiger partial charge in [-0.2, -0.15) is 0 Å². The Kier molecular flexibility index (Phi) is 9.16. The Hall–Kier alpha value is -2.04. The molecule has 0 spiro atoms. The van der Waals surface area contributed by atoms with Crippen LogP contribution in [0.1, 0.15) is 57.4 Å². The van der Waals surface area contributed by atoms with Gasteiger partial charge < -0.3 is 14.4 Å². The van der Waals surface area contributed by atoms with Crippen molar-refractivity contribution in [2.45, 2.75) is 58.3 Å². The van der Waals surface area contributed by atoms with Crippen molar-refractivity contribution in [3.63, 3.8) is 0 Å². The standard InChI is InChI=1S/C22H33NO4/c1-3-27-22(25)14-16-23(21(24)17-19-7-5-4-6-8-19)15-13-18-9-11-20(26-2)12-10-18/h9-12,19H,3-8,13-17H2,1-2H3. The number of methoxy groups -OCH3 is 1. The van der Waals surface area contributed by atoms with E-state index >= 15 is 0 Å². The van der Waals surface area contributed by atoms with Crippen molar-refractivity contribution >= 4 is 11.9 Å². The summed E-state index contributed by atoms with van der Waals surface area (Å²) >= 11 is 0. The van der Waals surface area contributed by atoms with Gasteiger partial charge in [0.15, 0.2) is 0 Å². The number of nitrogens with zero attached hydrogens (tertiary/aromatic N) is 1. The summed E-state index contributed by atoms with van der Waals surface area (Å²) in [5, 5.41) is 0. The van der Waals surface area contributed by atoms with Crippen molar-refractivity contribution < 1.29 is 19.1 Å². The van der Waals surface area contributed by atoms with Gasteiger partial charge >= 0.3 is 5.97 Å². The molecule has 0 bridgehead atoms. The van der Waals surface area contributed by atoms with Gasteiger partial charge in [-0.15, -0.1) is 0 Å². The molecule has 0 atom stereocenters. The number of hydrogen-bond acceptors (Lipinski definition) is 4. The smallest absolute Gasteiger partial charge is 0.307 e. The van der Waals surface area contributed by atoms with Gasteiger partial charge in [0, 0.05) is 19.5 Å². The summed E-state index contributed by atoms with van der Waals surface area (Å²) in [6.07, 6.45) is 7.67. The summed E-state index contributed by atoms with van der Waals surface area (Å²) in [5.74, 6) is 1.25. The maximum atomic E-state index is 12.9. The molecule has 1 aliphatic carbocycles. The normalized spacial score (nSPS) is 14.6. The molecule has 0 aliphatic heterocycles. The fraction of sp³-hybridized carbons (Fsp3) is 0.636. The van der Waals surface area contributed by atoms with Gasteiger partial charge in [-0.25, -0.2) is 0 Å². The number of ether oxygens (including phenoxy) is 2. The van der Waals surface area contributed by atoms with E-state index in [9.17, 15) is 9.59 Å². The quantitative estimate of drug-likeness (QED) is 0.580. The molecule has 1 aliphatic rings. The van der Waals surface area contributed by atoms with Crippen LogP contribution in [0, 0.1) is 5.92 Å². The largest absolute Gasteiger partial charge is 0.497 e. The molecule has 0 aromatic heterocycles. The van der Waals surface area contributed by atoms with Crippen LogP contribution in [0.4, 0.5) is 0 Å². The zero-order valence-corrected chi connectivity index (χ0v) is 16.7. The average molecular weight is 376 g/mol. The summed E-state index contributed by atoms with van der Waals surface area (Å²) in [6.45, 7) is 3.23. The summed E-state index contributed by atoms with van der Waals surface area (Å²) in [4.78, 5) is 26.4. The third kappa shape index (κ3) is 7.61. The monoisotopic (exact) mass is 375 g/mol. The predicted molar refractivity (Wildman–Crippen MR) is 106 cm³/mol. The lowest BCUT2D eigenvalue weighted by atomic mass is 9.86. The van der Waals surface area contributed by atoms with Gasteiger partial charge in [0.1, 0.15) is 5.75 Å². The lowest BCUT2D eigenvalue weighted by molar-refractivity contribution is -0.144. The minimum Gasteiger partial charge on any atom is -0.497 e. The van der Waals surface area contributed by atoms with E-state index in [0.29, 0.717) is 32.0 Å². The first kappa shape index (κ1) is 21.3. The van der Waals surface area contributed by atoms with Crippen molar-refractivity contribution in [3.05, 3.63) is 29.8 Å². The van der Waals surface area contributed by atoms with Crippen LogP contribution in [-0.2, 0) is 20.7 Å². The van der Waals surface area contributed by atoms with E-state index < -0.39 is 0 Å². The first-order valence-corrected chi connectivity index (χ1v) is 10.2. The van der Waals surface area contributed by atoms with Crippen LogP contribution >= 0.6 is 0 Å². The van der Waals surface area contributed by atoms with Crippen molar-refractivity contribution in [1.29, 1.82) is 0 Å². The Bertz CT molecular complexity index is 578. The molecule has 5 heteroatoms. The number of hydrogen-bond donors (Lipinski definition) is 0. The van der Waals surface area contributed by atoms with E-state index in [1.807, 2.05) is 29.2 Å². The van der Waals surface area contributed by atoms with Crippen molar-refractivity contribution in [2.75, 3.05) is 26.8 Å². The van der Waals surface area contributed by atoms with E-state index in [2.05, 4.69) is 0 Å². The van der Waals surface area contributed by atoms with Gasteiger partial charge in [0.25, 0.3) is 0 Å². The van der Waals surface area contributed by atoms with Gasteiger partial charge in [-0.05, 0) is 49.8 Å². The summed E-state index contributed by atoms with van der Waals surface area (Å²) in [7, 11) is 1.65. The van der Waals surface area contributed by atoms with Crippen molar-refractivity contribution in [1.82, 2.24) is 4.90 Å². The molecule has 0 heterocycles. The van der Waals surface area contributed by atoms with E-state index in [4.69, 9.17) is 9.47 Å². The molecule has 0 saturated heterocycles. The molecule has 1 aromatic carbocycles. The zero-order chi connectivity index (χ0) is 19.5. The number of carbonyl (C=O) groups is 2. The Morgan fingerprint density at radius 3 is 2.41 bits per heavy atom. The van der Waals surface area contributed by atoms with Crippen LogP contribution in [0.3, 0.4) is 0 Å². The van der Waals surface area contributed by atoms with E-state index in [1.54, 1.807) is 14.0 Å². The number of amides is 1. The average Bonchev–Trinajstić information content (AvgIpc) is 2.69. The Labute approximate surface area is 163 Å². The van der Waals surface area contributed by atoms with Crippen LogP contribution in [0.25, 0.3) is 0 Å². The highest BCUT2D eigenvalue weighted by Crippen LogP contribution is 2.27. The van der Waals surface area contributed by atoms with E-state index in [-0.39, 0.29) is 18.3 Å². The van der Waals surface area contributed by atoms with E-state index in [0.717, 1.165) is 30.6 Å². The minimum absolute atomic E-state index is 0.166. The second-order valence-corrected chi connectivity index (χ2v) is 7.24. The number of rotatable bonds is 10. The predicted octanol–water partition coefficient (Wildman–Crippen LogP) is 3.99. The molecule has 150 valence electrons. The fourth-order valence-corrected chi connectivity index (χ4v) is 3.64.